The van der Waals surface area contributed by atoms with Crippen LogP contribution >= 0.6 is 0 Å². The fourth-order valence-corrected chi connectivity index (χ4v) is 3.70. The number of aromatic nitrogens is 2. The maximum atomic E-state index is 13.9. The number of carbonyl (C=O) groups is 1. The lowest BCUT2D eigenvalue weighted by Gasteiger charge is -2.33. The summed E-state index contributed by atoms with van der Waals surface area (Å²) in [4.78, 5) is 19.0. The van der Waals surface area contributed by atoms with Crippen LogP contribution < -0.4 is 11.1 Å². The highest BCUT2D eigenvalue weighted by atomic mass is 19.1. The predicted molar refractivity (Wildman–Crippen MR) is 116 cm³/mol. The Morgan fingerprint density at radius 3 is 2.69 bits per heavy atom. The van der Waals surface area contributed by atoms with Crippen LogP contribution in [0.25, 0.3) is 11.3 Å². The number of nitriles is 1. The predicted octanol–water partition coefficient (Wildman–Crippen LogP) is 3.52. The summed E-state index contributed by atoms with van der Waals surface area (Å²) in [6.07, 6.45) is 0. The Balaban J connectivity index is 1.78. The van der Waals surface area contributed by atoms with Crippen LogP contribution in [0.4, 0.5) is 20.3 Å². The molecule has 1 aromatic heterocycles. The molecule has 3 aromatic rings. The van der Waals surface area contributed by atoms with Gasteiger partial charge in [0, 0.05) is 24.3 Å². The minimum Gasteiger partial charge on any atom is -0.340 e. The lowest BCUT2D eigenvalue weighted by atomic mass is 10.1. The second-order valence-corrected chi connectivity index (χ2v) is 8.27. The molecule has 0 spiro atoms. The van der Waals surface area contributed by atoms with Crippen molar-refractivity contribution in [3.05, 3.63) is 65.5 Å². The molecule has 4 rings (SSSR count). The summed E-state index contributed by atoms with van der Waals surface area (Å²) >= 11 is 0. The summed E-state index contributed by atoms with van der Waals surface area (Å²) in [5.41, 5.74) is 6.41. The van der Waals surface area contributed by atoms with E-state index in [-0.39, 0.29) is 18.0 Å². The van der Waals surface area contributed by atoms with Crippen molar-refractivity contribution >= 4 is 17.4 Å². The Morgan fingerprint density at radius 1 is 1.22 bits per heavy atom. The lowest BCUT2D eigenvalue weighted by molar-refractivity contribution is -0.137. The van der Waals surface area contributed by atoms with Crippen LogP contribution in [0, 0.1) is 23.0 Å². The zero-order valence-electron chi connectivity index (χ0n) is 17.7. The van der Waals surface area contributed by atoms with E-state index in [1.54, 1.807) is 30.9 Å². The van der Waals surface area contributed by atoms with Crippen molar-refractivity contribution in [3.8, 4) is 17.3 Å². The zero-order chi connectivity index (χ0) is 23.0. The monoisotopic (exact) mass is 436 g/mol. The topological polar surface area (TPSA) is 100.0 Å². The third kappa shape index (κ3) is 4.05. The van der Waals surface area contributed by atoms with Gasteiger partial charge in [0.15, 0.2) is 0 Å². The molecule has 0 aliphatic carbocycles. The molecule has 0 unspecified atom stereocenters. The van der Waals surface area contributed by atoms with E-state index in [9.17, 15) is 13.6 Å². The number of benzene rings is 2. The third-order valence-corrected chi connectivity index (χ3v) is 5.26. The second-order valence-electron chi connectivity index (χ2n) is 8.27. The molecule has 9 heteroatoms. The Labute approximate surface area is 184 Å². The molecule has 0 fully saturated rings. The van der Waals surface area contributed by atoms with Crippen LogP contribution in [0.1, 0.15) is 25.2 Å². The Bertz CT molecular complexity index is 1240. The van der Waals surface area contributed by atoms with Gasteiger partial charge in [0.05, 0.1) is 17.6 Å². The summed E-state index contributed by atoms with van der Waals surface area (Å²) < 4.78 is 29.6. The van der Waals surface area contributed by atoms with E-state index in [1.807, 2.05) is 10.6 Å². The summed E-state index contributed by atoms with van der Waals surface area (Å²) in [6, 6.07) is 12.0. The first-order valence-electron chi connectivity index (χ1n) is 10.1. The molecule has 0 saturated carbocycles. The number of carbonyl (C=O) groups excluding carboxylic acids is 1. The lowest BCUT2D eigenvalue weighted by Crippen LogP contribution is -2.52. The van der Waals surface area contributed by atoms with E-state index < -0.39 is 17.2 Å². The van der Waals surface area contributed by atoms with Gasteiger partial charge in [-0.1, -0.05) is 12.1 Å². The minimum absolute atomic E-state index is 0.0948. The molecule has 1 aliphatic heterocycles. The van der Waals surface area contributed by atoms with E-state index in [0.29, 0.717) is 41.7 Å². The number of halogens is 2. The standard InChI is InChI=1S/C23H22F2N6O/c1-23(2,27)22(32)30-8-9-31-19(13-30)29-20(14-4-3-5-16(24)10-14)21(31)28-17-6-7-18(25)15(11-17)12-26/h3-7,10-11,28H,8-9,13,27H2,1-2H3. The number of hydrogen-bond acceptors (Lipinski definition) is 5. The molecule has 3 N–H and O–H groups in total. The van der Waals surface area contributed by atoms with E-state index in [4.69, 9.17) is 16.0 Å². The molecule has 0 bridgehead atoms. The first kappa shape index (κ1) is 21.5. The molecular formula is C23H22F2N6O. The second kappa shape index (κ2) is 8.05. The number of imidazole rings is 1. The van der Waals surface area contributed by atoms with Gasteiger partial charge in [0.25, 0.3) is 0 Å². The average Bonchev–Trinajstić information content (AvgIpc) is 3.11. The van der Waals surface area contributed by atoms with Crippen molar-refractivity contribution in [1.82, 2.24) is 14.5 Å². The van der Waals surface area contributed by atoms with Crippen LogP contribution in [0.2, 0.25) is 0 Å². The van der Waals surface area contributed by atoms with Gasteiger partial charge in [-0.05, 0) is 44.2 Å². The maximum Gasteiger partial charge on any atom is 0.242 e. The van der Waals surface area contributed by atoms with Gasteiger partial charge in [0.1, 0.15) is 35.0 Å². The Hall–Kier alpha value is -3.77. The van der Waals surface area contributed by atoms with Gasteiger partial charge in [-0.2, -0.15) is 5.26 Å². The largest absolute Gasteiger partial charge is 0.340 e. The van der Waals surface area contributed by atoms with E-state index in [0.717, 1.165) is 0 Å². The van der Waals surface area contributed by atoms with E-state index >= 15 is 0 Å². The highest BCUT2D eigenvalue weighted by Crippen LogP contribution is 2.34. The molecule has 0 radical (unpaired) electrons. The molecule has 164 valence electrons. The number of amides is 1. The van der Waals surface area contributed by atoms with Gasteiger partial charge in [-0.25, -0.2) is 13.8 Å². The SMILES string of the molecule is CC(C)(N)C(=O)N1CCn2c(nc(-c3cccc(F)c3)c2Nc2ccc(F)c(C#N)c2)C1. The summed E-state index contributed by atoms with van der Waals surface area (Å²) in [5, 5.41) is 12.4. The van der Waals surface area contributed by atoms with Gasteiger partial charge in [-0.15, -0.1) is 0 Å². The van der Waals surface area contributed by atoms with Gasteiger partial charge >= 0.3 is 0 Å². The number of rotatable bonds is 4. The Kier molecular flexibility index (Phi) is 5.40. The van der Waals surface area contributed by atoms with Crippen molar-refractivity contribution in [1.29, 1.82) is 5.26 Å². The molecule has 0 atom stereocenters. The molecule has 2 heterocycles. The van der Waals surface area contributed by atoms with Crippen molar-refractivity contribution in [3.63, 3.8) is 0 Å². The minimum atomic E-state index is -1.01. The fraction of sp³-hybridized carbons (Fsp3) is 0.261. The van der Waals surface area contributed by atoms with Crippen molar-refractivity contribution in [2.45, 2.75) is 32.5 Å². The molecular weight excluding hydrogens is 414 g/mol. The third-order valence-electron chi connectivity index (χ3n) is 5.26. The summed E-state index contributed by atoms with van der Waals surface area (Å²) in [7, 11) is 0. The van der Waals surface area contributed by atoms with Crippen LogP contribution in [-0.4, -0.2) is 32.4 Å². The Morgan fingerprint density at radius 2 is 2.00 bits per heavy atom. The number of nitrogens with two attached hydrogens (primary N) is 1. The fourth-order valence-electron chi connectivity index (χ4n) is 3.70. The normalized spacial score (nSPS) is 13.4. The van der Waals surface area contributed by atoms with Crippen molar-refractivity contribution in [2.24, 2.45) is 5.73 Å². The summed E-state index contributed by atoms with van der Waals surface area (Å²) in [6.45, 7) is 4.42. The van der Waals surface area contributed by atoms with Crippen LogP contribution in [0.15, 0.2) is 42.5 Å². The first-order valence-corrected chi connectivity index (χ1v) is 10.1. The highest BCUT2D eigenvalue weighted by Gasteiger charge is 2.32. The quantitative estimate of drug-likeness (QED) is 0.652. The average molecular weight is 436 g/mol. The smallest absolute Gasteiger partial charge is 0.242 e. The molecule has 32 heavy (non-hydrogen) atoms. The maximum absolute atomic E-state index is 13.9. The number of fused-ring (bicyclic) bond motifs is 1. The van der Waals surface area contributed by atoms with E-state index in [2.05, 4.69) is 5.32 Å². The van der Waals surface area contributed by atoms with Gasteiger partial charge < -0.3 is 20.5 Å². The van der Waals surface area contributed by atoms with Crippen LogP contribution in [0.5, 0.6) is 0 Å². The zero-order valence-corrected chi connectivity index (χ0v) is 17.7. The first-order chi connectivity index (χ1) is 15.2. The van der Waals surface area contributed by atoms with E-state index in [1.165, 1.54) is 30.3 Å². The van der Waals surface area contributed by atoms with Crippen molar-refractivity contribution in [2.75, 3.05) is 11.9 Å². The number of nitrogens with one attached hydrogen (secondary N) is 1. The molecule has 1 amide bonds. The molecule has 2 aromatic carbocycles. The van der Waals surface area contributed by atoms with Gasteiger partial charge in [0.2, 0.25) is 5.91 Å². The highest BCUT2D eigenvalue weighted by molar-refractivity contribution is 5.85. The number of nitrogens with zero attached hydrogens (tertiary/aromatic N) is 4. The molecule has 0 saturated heterocycles. The van der Waals surface area contributed by atoms with Crippen LogP contribution in [0.3, 0.4) is 0 Å². The van der Waals surface area contributed by atoms with Crippen molar-refractivity contribution < 1.29 is 13.6 Å². The summed E-state index contributed by atoms with van der Waals surface area (Å²) in [5.74, 6) is -0.0314. The molecule has 7 nitrogen and oxygen atoms in total. The van der Waals surface area contributed by atoms with Crippen LogP contribution in [-0.2, 0) is 17.9 Å². The number of hydrogen-bond donors (Lipinski definition) is 2. The molecule has 1 aliphatic rings. The number of anilines is 2. The van der Waals surface area contributed by atoms with Gasteiger partial charge in [-0.3, -0.25) is 4.79 Å².